The summed E-state index contributed by atoms with van der Waals surface area (Å²) >= 11 is 1.52. The molecule has 0 saturated heterocycles. The molecule has 0 aliphatic carbocycles. The van der Waals surface area contributed by atoms with Gasteiger partial charge in [-0.15, -0.1) is 11.3 Å². The summed E-state index contributed by atoms with van der Waals surface area (Å²) in [5, 5.41) is 11.0. The first-order chi connectivity index (χ1) is 12.3. The van der Waals surface area contributed by atoms with Crippen molar-refractivity contribution < 1.29 is 9.84 Å². The monoisotopic (exact) mass is 372 g/mol. The van der Waals surface area contributed by atoms with Gasteiger partial charge < -0.3 is 9.84 Å². The molecule has 0 spiro atoms. The van der Waals surface area contributed by atoms with Gasteiger partial charge in [-0.1, -0.05) is 12.1 Å². The number of nitrogens with zero attached hydrogens (tertiary/aromatic N) is 2. The number of benzene rings is 1. The van der Waals surface area contributed by atoms with Gasteiger partial charge in [0.1, 0.15) is 23.3 Å². The molecular weight excluding hydrogens is 348 g/mol. The molecule has 26 heavy (non-hydrogen) atoms. The van der Waals surface area contributed by atoms with E-state index in [-0.39, 0.29) is 18.7 Å². The largest absolute Gasteiger partial charge is 0.490 e. The van der Waals surface area contributed by atoms with Gasteiger partial charge in [-0.3, -0.25) is 9.36 Å². The van der Waals surface area contributed by atoms with Crippen LogP contribution in [0.2, 0.25) is 0 Å². The molecule has 1 N–H and O–H groups in total. The Kier molecular flexibility index (Phi) is 5.16. The van der Waals surface area contributed by atoms with Crippen LogP contribution in [0.5, 0.6) is 5.75 Å². The van der Waals surface area contributed by atoms with Crippen LogP contribution in [-0.4, -0.2) is 27.4 Å². The predicted molar refractivity (Wildman–Crippen MR) is 106 cm³/mol. The van der Waals surface area contributed by atoms with E-state index in [0.717, 1.165) is 37.7 Å². The second-order valence-corrected chi connectivity index (χ2v) is 7.99. The standard InChI is InChI=1S/C20H24N2O3S/c1-11-6-7-12(2)18(13(11)3)25-9-16(23)8-22-10-21-19-17(20(22)24)14(4)15(5)26-19/h6-7,10,16,23H,8-9H2,1-5H3/t16-/m0/s1. The minimum atomic E-state index is -0.800. The van der Waals surface area contributed by atoms with Gasteiger partial charge in [-0.2, -0.15) is 0 Å². The summed E-state index contributed by atoms with van der Waals surface area (Å²) in [5.41, 5.74) is 4.11. The average Bonchev–Trinajstić information content (AvgIpc) is 2.89. The summed E-state index contributed by atoms with van der Waals surface area (Å²) < 4.78 is 7.32. The maximum absolute atomic E-state index is 12.7. The van der Waals surface area contributed by atoms with Crippen LogP contribution in [0.4, 0.5) is 0 Å². The second-order valence-electron chi connectivity index (χ2n) is 6.78. The fourth-order valence-electron chi connectivity index (χ4n) is 3.01. The summed E-state index contributed by atoms with van der Waals surface area (Å²) in [6, 6.07) is 4.06. The summed E-state index contributed by atoms with van der Waals surface area (Å²) in [5.74, 6) is 0.800. The Labute approximate surface area is 156 Å². The molecule has 0 amide bonds. The fourth-order valence-corrected chi connectivity index (χ4v) is 3.99. The molecule has 1 atom stereocenters. The Morgan fingerprint density at radius 2 is 1.85 bits per heavy atom. The lowest BCUT2D eigenvalue weighted by molar-refractivity contribution is 0.0908. The van der Waals surface area contributed by atoms with E-state index in [9.17, 15) is 9.90 Å². The smallest absolute Gasteiger partial charge is 0.262 e. The van der Waals surface area contributed by atoms with E-state index in [0.29, 0.717) is 5.39 Å². The molecule has 3 rings (SSSR count). The molecule has 3 aromatic rings. The van der Waals surface area contributed by atoms with Crippen molar-refractivity contribution in [1.29, 1.82) is 0 Å². The van der Waals surface area contributed by atoms with E-state index >= 15 is 0 Å². The first-order valence-corrected chi connectivity index (χ1v) is 9.44. The first kappa shape index (κ1) is 18.6. The van der Waals surface area contributed by atoms with E-state index in [1.807, 2.05) is 40.7 Å². The minimum absolute atomic E-state index is 0.112. The molecule has 138 valence electrons. The lowest BCUT2D eigenvalue weighted by atomic mass is 10.1. The van der Waals surface area contributed by atoms with Crippen molar-refractivity contribution in [3.63, 3.8) is 0 Å². The SMILES string of the molecule is Cc1ccc(C)c(OC[C@@H](O)Cn2cnc3sc(C)c(C)c3c2=O)c1C. The van der Waals surface area contributed by atoms with Crippen molar-refractivity contribution in [3.05, 3.63) is 55.9 Å². The zero-order valence-corrected chi connectivity index (χ0v) is 16.6. The zero-order valence-electron chi connectivity index (χ0n) is 15.8. The molecule has 2 heterocycles. The maximum atomic E-state index is 12.7. The lowest BCUT2D eigenvalue weighted by Crippen LogP contribution is -2.30. The molecule has 2 aromatic heterocycles. The number of aliphatic hydroxyl groups excluding tert-OH is 1. The molecule has 0 saturated carbocycles. The molecule has 0 aliphatic heterocycles. The van der Waals surface area contributed by atoms with E-state index in [2.05, 4.69) is 11.1 Å². The highest BCUT2D eigenvalue weighted by Crippen LogP contribution is 2.26. The van der Waals surface area contributed by atoms with Crippen LogP contribution in [0.1, 0.15) is 27.1 Å². The third-order valence-corrected chi connectivity index (χ3v) is 5.97. The summed E-state index contributed by atoms with van der Waals surface area (Å²) in [7, 11) is 0. The highest BCUT2D eigenvalue weighted by atomic mass is 32.1. The van der Waals surface area contributed by atoms with E-state index in [1.165, 1.54) is 22.2 Å². The van der Waals surface area contributed by atoms with Gasteiger partial charge in [0.15, 0.2) is 0 Å². The average molecular weight is 372 g/mol. The topological polar surface area (TPSA) is 64.3 Å². The van der Waals surface area contributed by atoms with Gasteiger partial charge in [0, 0.05) is 4.88 Å². The molecule has 6 heteroatoms. The van der Waals surface area contributed by atoms with Crippen molar-refractivity contribution in [2.24, 2.45) is 0 Å². The highest BCUT2D eigenvalue weighted by molar-refractivity contribution is 7.18. The summed E-state index contributed by atoms with van der Waals surface area (Å²) in [4.78, 5) is 18.9. The Morgan fingerprint density at radius 3 is 2.58 bits per heavy atom. The van der Waals surface area contributed by atoms with Crippen LogP contribution in [0.3, 0.4) is 0 Å². The molecule has 0 radical (unpaired) electrons. The number of hydrogen-bond acceptors (Lipinski definition) is 5. The number of rotatable bonds is 5. The van der Waals surface area contributed by atoms with Crippen molar-refractivity contribution in [2.75, 3.05) is 6.61 Å². The second kappa shape index (κ2) is 7.21. The normalized spacial score (nSPS) is 12.5. The van der Waals surface area contributed by atoms with Gasteiger partial charge in [0.05, 0.1) is 18.3 Å². The molecule has 0 unspecified atom stereocenters. The number of hydrogen-bond donors (Lipinski definition) is 1. The van der Waals surface area contributed by atoms with Crippen molar-refractivity contribution in [2.45, 2.75) is 47.3 Å². The van der Waals surface area contributed by atoms with E-state index < -0.39 is 6.10 Å². The number of aliphatic hydroxyl groups is 1. The van der Waals surface area contributed by atoms with Crippen LogP contribution in [-0.2, 0) is 6.54 Å². The summed E-state index contributed by atoms with van der Waals surface area (Å²) in [6.07, 6.45) is 0.707. The van der Waals surface area contributed by atoms with Crippen molar-refractivity contribution in [3.8, 4) is 5.75 Å². The van der Waals surface area contributed by atoms with Gasteiger partial charge in [0.2, 0.25) is 0 Å². The van der Waals surface area contributed by atoms with Gasteiger partial charge in [-0.25, -0.2) is 4.98 Å². The zero-order chi connectivity index (χ0) is 19.0. The van der Waals surface area contributed by atoms with Crippen LogP contribution in [0, 0.1) is 34.6 Å². The molecule has 5 nitrogen and oxygen atoms in total. The van der Waals surface area contributed by atoms with Crippen molar-refractivity contribution in [1.82, 2.24) is 9.55 Å². The lowest BCUT2D eigenvalue weighted by Gasteiger charge is -2.17. The maximum Gasteiger partial charge on any atom is 0.262 e. The molecule has 1 aromatic carbocycles. The van der Waals surface area contributed by atoms with Crippen molar-refractivity contribution >= 4 is 21.6 Å². The quantitative estimate of drug-likeness (QED) is 0.745. The Balaban J connectivity index is 1.77. The highest BCUT2D eigenvalue weighted by Gasteiger charge is 2.15. The number of thiophene rings is 1. The minimum Gasteiger partial charge on any atom is -0.490 e. The summed E-state index contributed by atoms with van der Waals surface area (Å²) in [6.45, 7) is 10.2. The molecule has 0 aliphatic rings. The van der Waals surface area contributed by atoms with Gasteiger partial charge in [0.25, 0.3) is 5.56 Å². The molecular formula is C20H24N2O3S. The van der Waals surface area contributed by atoms with E-state index in [4.69, 9.17) is 4.74 Å². The molecule has 0 bridgehead atoms. The third kappa shape index (κ3) is 3.39. The van der Waals surface area contributed by atoms with Crippen LogP contribution in [0.15, 0.2) is 23.3 Å². The number of ether oxygens (including phenoxy) is 1. The fraction of sp³-hybridized carbons (Fsp3) is 0.400. The van der Waals surface area contributed by atoms with Gasteiger partial charge in [-0.05, 0) is 56.9 Å². The third-order valence-electron chi connectivity index (χ3n) is 4.86. The number of aromatic nitrogens is 2. The van der Waals surface area contributed by atoms with Gasteiger partial charge >= 0.3 is 0 Å². The number of aryl methyl sites for hydroxylation is 4. The predicted octanol–water partition coefficient (Wildman–Crippen LogP) is 3.44. The van der Waals surface area contributed by atoms with Crippen LogP contribution >= 0.6 is 11.3 Å². The Bertz CT molecular complexity index is 1020. The Morgan fingerprint density at radius 1 is 1.15 bits per heavy atom. The first-order valence-electron chi connectivity index (χ1n) is 8.62. The van der Waals surface area contributed by atoms with E-state index in [1.54, 1.807) is 0 Å². The Hall–Kier alpha value is -2.18. The van der Waals surface area contributed by atoms with Crippen LogP contribution < -0.4 is 10.3 Å². The number of fused-ring (bicyclic) bond motifs is 1. The van der Waals surface area contributed by atoms with Crippen LogP contribution in [0.25, 0.3) is 10.2 Å². The molecule has 0 fully saturated rings.